The van der Waals surface area contributed by atoms with E-state index in [9.17, 15) is 9.59 Å². The predicted molar refractivity (Wildman–Crippen MR) is 113 cm³/mol. The van der Waals surface area contributed by atoms with Crippen LogP contribution in [0.2, 0.25) is 0 Å². The number of hydrogen-bond acceptors (Lipinski definition) is 4. The van der Waals surface area contributed by atoms with Gasteiger partial charge in [-0.2, -0.15) is 10.2 Å². The van der Waals surface area contributed by atoms with Gasteiger partial charge in [0.2, 0.25) is 5.91 Å². The van der Waals surface area contributed by atoms with Gasteiger partial charge in [0, 0.05) is 35.1 Å². The molecule has 0 aliphatic heterocycles. The molecule has 0 atom stereocenters. The fourth-order valence-corrected chi connectivity index (χ4v) is 2.81. The van der Waals surface area contributed by atoms with E-state index < -0.39 is 5.41 Å². The highest BCUT2D eigenvalue weighted by Crippen LogP contribution is 2.24. The molecule has 2 aromatic heterocycles. The summed E-state index contributed by atoms with van der Waals surface area (Å²) in [5, 5.41) is 17.1. The number of hydrogen-bond donors (Lipinski definition) is 3. The van der Waals surface area contributed by atoms with Crippen molar-refractivity contribution in [2.75, 3.05) is 10.6 Å². The van der Waals surface area contributed by atoms with Crippen LogP contribution in [0.4, 0.5) is 11.4 Å². The van der Waals surface area contributed by atoms with Gasteiger partial charge < -0.3 is 10.6 Å². The monoisotopic (exact) mass is 394 g/mol. The molecule has 0 aliphatic rings. The molecule has 3 N–H and O–H groups in total. The van der Waals surface area contributed by atoms with E-state index in [-0.39, 0.29) is 11.8 Å². The maximum atomic E-state index is 12.7. The van der Waals surface area contributed by atoms with Crippen LogP contribution in [0.25, 0.3) is 11.3 Å². The van der Waals surface area contributed by atoms with Crippen molar-refractivity contribution in [3.63, 3.8) is 0 Å². The molecule has 8 nitrogen and oxygen atoms in total. The Kier molecular flexibility index (Phi) is 5.28. The van der Waals surface area contributed by atoms with Crippen LogP contribution in [-0.4, -0.2) is 31.8 Å². The summed E-state index contributed by atoms with van der Waals surface area (Å²) in [7, 11) is 1.73. The van der Waals surface area contributed by atoms with Crippen LogP contribution in [0.1, 0.15) is 42.5 Å². The van der Waals surface area contributed by atoms with Gasteiger partial charge in [0.05, 0.1) is 11.9 Å². The number of nitrogens with one attached hydrogen (secondary N) is 3. The zero-order valence-corrected chi connectivity index (χ0v) is 17.5. The van der Waals surface area contributed by atoms with Crippen LogP contribution < -0.4 is 10.6 Å². The van der Waals surface area contributed by atoms with E-state index in [1.807, 2.05) is 40.7 Å². The van der Waals surface area contributed by atoms with Crippen LogP contribution >= 0.6 is 0 Å². The second-order valence-corrected chi connectivity index (χ2v) is 8.14. The summed E-state index contributed by atoms with van der Waals surface area (Å²) in [6.07, 6.45) is 1.69. The third kappa shape index (κ3) is 4.37. The van der Waals surface area contributed by atoms with Crippen molar-refractivity contribution in [3.05, 3.63) is 47.4 Å². The van der Waals surface area contributed by atoms with E-state index in [4.69, 9.17) is 0 Å². The zero-order chi connectivity index (χ0) is 21.3. The number of carbonyl (C=O) groups excluding carboxylic acids is 2. The first-order chi connectivity index (χ1) is 13.6. The predicted octanol–water partition coefficient (Wildman–Crippen LogP) is 3.66. The second-order valence-electron chi connectivity index (χ2n) is 8.14. The number of benzene rings is 1. The van der Waals surface area contributed by atoms with Crippen LogP contribution in [0, 0.1) is 19.3 Å². The van der Waals surface area contributed by atoms with Crippen molar-refractivity contribution in [2.24, 2.45) is 12.5 Å². The molecule has 3 rings (SSSR count). The second kappa shape index (κ2) is 7.54. The van der Waals surface area contributed by atoms with E-state index in [1.54, 1.807) is 36.1 Å². The molecule has 0 saturated heterocycles. The Balaban J connectivity index is 1.76. The van der Waals surface area contributed by atoms with E-state index in [1.165, 1.54) is 0 Å². The average molecular weight is 394 g/mol. The summed E-state index contributed by atoms with van der Waals surface area (Å²) in [5.74, 6) is -0.326. The Morgan fingerprint density at radius 3 is 2.41 bits per heavy atom. The summed E-state index contributed by atoms with van der Waals surface area (Å²) in [5.41, 5.74) is 4.60. The Morgan fingerprint density at radius 2 is 1.83 bits per heavy atom. The Bertz CT molecular complexity index is 1070. The summed E-state index contributed by atoms with van der Waals surface area (Å²) in [6, 6.07) is 7.12. The molecule has 0 bridgehead atoms. The highest BCUT2D eigenvalue weighted by Gasteiger charge is 2.22. The first kappa shape index (κ1) is 20.3. The third-order valence-corrected chi connectivity index (χ3v) is 4.63. The lowest BCUT2D eigenvalue weighted by Gasteiger charge is -2.19. The van der Waals surface area contributed by atoms with Gasteiger partial charge in [0.1, 0.15) is 5.69 Å². The maximum Gasteiger partial charge on any atom is 0.273 e. The van der Waals surface area contributed by atoms with Gasteiger partial charge in [-0.15, -0.1) is 0 Å². The SMILES string of the molecule is Cc1cc(NC(=O)c2cc(-c3cn[nH]c3C)nn2C)ccc1NC(=O)C(C)(C)C. The lowest BCUT2D eigenvalue weighted by Crippen LogP contribution is -2.27. The van der Waals surface area contributed by atoms with E-state index in [0.29, 0.717) is 17.1 Å². The number of anilines is 2. The molecular weight excluding hydrogens is 368 g/mol. The molecule has 29 heavy (non-hydrogen) atoms. The quantitative estimate of drug-likeness (QED) is 0.628. The molecule has 0 fully saturated rings. The van der Waals surface area contributed by atoms with Crippen molar-refractivity contribution >= 4 is 23.2 Å². The van der Waals surface area contributed by atoms with Gasteiger partial charge in [0.15, 0.2) is 0 Å². The average Bonchev–Trinajstić information content (AvgIpc) is 3.21. The molecule has 0 spiro atoms. The van der Waals surface area contributed by atoms with Crippen LogP contribution in [0.3, 0.4) is 0 Å². The molecule has 0 unspecified atom stereocenters. The van der Waals surface area contributed by atoms with E-state index in [2.05, 4.69) is 25.9 Å². The topological polar surface area (TPSA) is 105 Å². The van der Waals surface area contributed by atoms with Crippen LogP contribution in [-0.2, 0) is 11.8 Å². The summed E-state index contributed by atoms with van der Waals surface area (Å²) in [6.45, 7) is 9.37. The molecule has 0 radical (unpaired) electrons. The molecule has 2 heterocycles. The Morgan fingerprint density at radius 1 is 1.10 bits per heavy atom. The van der Waals surface area contributed by atoms with Gasteiger partial charge in [-0.25, -0.2) is 0 Å². The first-order valence-corrected chi connectivity index (χ1v) is 9.34. The maximum absolute atomic E-state index is 12.7. The van der Waals surface area contributed by atoms with Gasteiger partial charge in [-0.05, 0) is 43.7 Å². The molecule has 3 aromatic rings. The normalized spacial score (nSPS) is 11.4. The smallest absolute Gasteiger partial charge is 0.273 e. The molecule has 0 aliphatic carbocycles. The molecular formula is C21H26N6O2. The zero-order valence-electron chi connectivity index (χ0n) is 17.5. The number of aryl methyl sites for hydroxylation is 3. The lowest BCUT2D eigenvalue weighted by atomic mass is 9.95. The number of rotatable bonds is 4. The first-order valence-electron chi connectivity index (χ1n) is 9.34. The minimum absolute atomic E-state index is 0.0608. The van der Waals surface area contributed by atoms with Gasteiger partial charge >= 0.3 is 0 Å². The minimum Gasteiger partial charge on any atom is -0.325 e. The van der Waals surface area contributed by atoms with Crippen molar-refractivity contribution in [2.45, 2.75) is 34.6 Å². The fraction of sp³-hybridized carbons (Fsp3) is 0.333. The minimum atomic E-state index is -0.482. The van der Waals surface area contributed by atoms with Crippen LogP contribution in [0.5, 0.6) is 0 Å². The number of aromatic amines is 1. The van der Waals surface area contributed by atoms with Gasteiger partial charge in [0.25, 0.3) is 5.91 Å². The third-order valence-electron chi connectivity index (χ3n) is 4.63. The van der Waals surface area contributed by atoms with Crippen molar-refractivity contribution in [3.8, 4) is 11.3 Å². The fourth-order valence-electron chi connectivity index (χ4n) is 2.81. The molecule has 0 saturated carbocycles. The van der Waals surface area contributed by atoms with Crippen molar-refractivity contribution in [1.82, 2.24) is 20.0 Å². The van der Waals surface area contributed by atoms with E-state index >= 15 is 0 Å². The molecule has 2 amide bonds. The van der Waals surface area contributed by atoms with Gasteiger partial charge in [-0.3, -0.25) is 19.4 Å². The number of nitrogens with zero attached hydrogens (tertiary/aromatic N) is 3. The number of amides is 2. The molecule has 8 heteroatoms. The van der Waals surface area contributed by atoms with Crippen molar-refractivity contribution in [1.29, 1.82) is 0 Å². The number of aromatic nitrogens is 4. The molecule has 1 aromatic carbocycles. The largest absolute Gasteiger partial charge is 0.325 e. The Hall–Kier alpha value is -3.42. The summed E-state index contributed by atoms with van der Waals surface area (Å²) >= 11 is 0. The number of carbonyl (C=O) groups is 2. The Labute approximate surface area is 169 Å². The summed E-state index contributed by atoms with van der Waals surface area (Å²) < 4.78 is 1.54. The molecule has 152 valence electrons. The highest BCUT2D eigenvalue weighted by molar-refractivity contribution is 6.04. The van der Waals surface area contributed by atoms with Crippen molar-refractivity contribution < 1.29 is 9.59 Å². The van der Waals surface area contributed by atoms with E-state index in [0.717, 1.165) is 22.5 Å². The standard InChI is InChI=1S/C21H26N6O2/c1-12-9-14(7-8-16(12)24-20(29)21(3,4)5)23-19(28)18-10-17(26-27(18)6)15-11-22-25-13(15)2/h7-11H,1-6H3,(H,22,25)(H,23,28)(H,24,29). The lowest BCUT2D eigenvalue weighted by molar-refractivity contribution is -0.123. The number of H-pyrrole nitrogens is 1. The van der Waals surface area contributed by atoms with Gasteiger partial charge in [-0.1, -0.05) is 20.8 Å². The highest BCUT2D eigenvalue weighted by atomic mass is 16.2. The summed E-state index contributed by atoms with van der Waals surface area (Å²) in [4.78, 5) is 24.9. The van der Waals surface area contributed by atoms with Crippen LogP contribution in [0.15, 0.2) is 30.5 Å².